The summed E-state index contributed by atoms with van der Waals surface area (Å²) >= 11 is 11.0. The van der Waals surface area contributed by atoms with Crippen LogP contribution in [0.2, 0.25) is 10.0 Å². The van der Waals surface area contributed by atoms with Gasteiger partial charge in [-0.2, -0.15) is 0 Å². The van der Waals surface area contributed by atoms with Gasteiger partial charge in [0.2, 0.25) is 0 Å². The van der Waals surface area contributed by atoms with Crippen LogP contribution < -0.4 is 4.74 Å². The van der Waals surface area contributed by atoms with Gasteiger partial charge in [-0.25, -0.2) is 4.39 Å². The van der Waals surface area contributed by atoms with Crippen LogP contribution in [0.5, 0.6) is 5.75 Å². The first-order chi connectivity index (χ1) is 5.15. The molecule has 0 N–H and O–H groups in total. The summed E-state index contributed by atoms with van der Waals surface area (Å²) in [4.78, 5) is 0. The Balaban J connectivity index is 3.24. The zero-order valence-corrected chi connectivity index (χ0v) is 7.21. The number of hydrogen-bond donors (Lipinski definition) is 0. The van der Waals surface area contributed by atoms with E-state index in [1.165, 1.54) is 19.2 Å². The minimum absolute atomic E-state index is 0.0330. The van der Waals surface area contributed by atoms with E-state index < -0.39 is 5.82 Å². The van der Waals surface area contributed by atoms with Gasteiger partial charge < -0.3 is 4.74 Å². The van der Waals surface area contributed by atoms with Crippen molar-refractivity contribution in [2.45, 2.75) is 0 Å². The molecule has 0 heterocycles. The Bertz CT molecular complexity index is 275. The molecule has 60 valence electrons. The van der Waals surface area contributed by atoms with Crippen LogP contribution in [-0.4, -0.2) is 7.11 Å². The molecule has 0 spiro atoms. The smallest absolute Gasteiger partial charge is 0.183 e. The first-order valence-electron chi connectivity index (χ1n) is 2.83. The summed E-state index contributed by atoms with van der Waals surface area (Å²) in [5, 5.41) is 0.322. The topological polar surface area (TPSA) is 9.23 Å². The molecule has 0 aliphatic heterocycles. The van der Waals surface area contributed by atoms with Gasteiger partial charge in [0.05, 0.1) is 12.1 Å². The Kier molecular flexibility index (Phi) is 2.58. The summed E-state index contributed by atoms with van der Waals surface area (Å²) in [6.07, 6.45) is 0. The number of benzene rings is 1. The molecular formula is C7H5Cl2FO. The van der Waals surface area contributed by atoms with Crippen molar-refractivity contribution in [3.63, 3.8) is 0 Å². The van der Waals surface area contributed by atoms with Crippen molar-refractivity contribution in [2.24, 2.45) is 0 Å². The Morgan fingerprint density at radius 2 is 2.00 bits per heavy atom. The van der Waals surface area contributed by atoms with E-state index in [2.05, 4.69) is 4.74 Å². The van der Waals surface area contributed by atoms with Crippen LogP contribution in [0.15, 0.2) is 12.1 Å². The van der Waals surface area contributed by atoms with Crippen LogP contribution in [-0.2, 0) is 0 Å². The Morgan fingerprint density at radius 3 is 2.55 bits per heavy atom. The lowest BCUT2D eigenvalue weighted by atomic mass is 10.3. The molecule has 0 aromatic heterocycles. The first-order valence-corrected chi connectivity index (χ1v) is 3.59. The highest BCUT2D eigenvalue weighted by molar-refractivity contribution is 6.34. The second-order valence-corrected chi connectivity index (χ2v) is 2.75. The lowest BCUT2D eigenvalue weighted by molar-refractivity contribution is 0.386. The van der Waals surface area contributed by atoms with Gasteiger partial charge in [-0.15, -0.1) is 0 Å². The molecule has 0 fully saturated rings. The highest BCUT2D eigenvalue weighted by Gasteiger charge is 2.07. The van der Waals surface area contributed by atoms with Crippen LogP contribution in [0.3, 0.4) is 0 Å². The molecular weight excluding hydrogens is 190 g/mol. The maximum absolute atomic E-state index is 12.9. The molecule has 1 rings (SSSR count). The number of rotatable bonds is 1. The first kappa shape index (κ1) is 8.62. The third kappa shape index (κ3) is 1.76. The minimum atomic E-state index is -0.585. The Morgan fingerprint density at radius 1 is 1.36 bits per heavy atom. The quantitative estimate of drug-likeness (QED) is 0.625. The molecule has 0 atom stereocenters. The molecule has 1 aromatic rings. The van der Waals surface area contributed by atoms with Crippen molar-refractivity contribution < 1.29 is 9.13 Å². The number of ether oxygens (including phenoxy) is 1. The molecule has 0 saturated heterocycles. The van der Waals surface area contributed by atoms with Crippen molar-refractivity contribution in [1.29, 1.82) is 0 Å². The average molecular weight is 195 g/mol. The molecule has 1 nitrogen and oxygen atoms in total. The summed E-state index contributed by atoms with van der Waals surface area (Å²) < 4.78 is 17.5. The van der Waals surface area contributed by atoms with Crippen LogP contribution in [0.25, 0.3) is 0 Å². The molecule has 0 aliphatic carbocycles. The molecule has 0 saturated carbocycles. The van der Waals surface area contributed by atoms with E-state index >= 15 is 0 Å². The lowest BCUT2D eigenvalue weighted by Gasteiger charge is -2.02. The summed E-state index contributed by atoms with van der Waals surface area (Å²) in [5.74, 6) is -0.527. The second-order valence-electron chi connectivity index (χ2n) is 1.90. The third-order valence-electron chi connectivity index (χ3n) is 1.18. The summed E-state index contributed by atoms with van der Waals surface area (Å²) in [7, 11) is 1.35. The van der Waals surface area contributed by atoms with E-state index in [1.54, 1.807) is 0 Å². The van der Waals surface area contributed by atoms with Gasteiger partial charge in [0.1, 0.15) is 0 Å². The van der Waals surface area contributed by atoms with Crippen LogP contribution >= 0.6 is 23.2 Å². The lowest BCUT2D eigenvalue weighted by Crippen LogP contribution is -1.88. The second kappa shape index (κ2) is 3.28. The van der Waals surface area contributed by atoms with E-state index in [-0.39, 0.29) is 10.8 Å². The molecule has 0 unspecified atom stereocenters. The Labute approximate surface area is 73.7 Å². The zero-order valence-electron chi connectivity index (χ0n) is 5.70. The average Bonchev–Trinajstić information content (AvgIpc) is 1.96. The predicted octanol–water partition coefficient (Wildman–Crippen LogP) is 3.14. The molecule has 11 heavy (non-hydrogen) atoms. The summed E-state index contributed by atoms with van der Waals surface area (Å²) in [5.41, 5.74) is 0. The van der Waals surface area contributed by atoms with Crippen LogP contribution in [0, 0.1) is 5.82 Å². The highest BCUT2D eigenvalue weighted by atomic mass is 35.5. The zero-order chi connectivity index (χ0) is 8.43. The van der Waals surface area contributed by atoms with Gasteiger partial charge in [-0.1, -0.05) is 23.2 Å². The maximum atomic E-state index is 12.9. The van der Waals surface area contributed by atoms with Gasteiger partial charge in [-0.05, 0) is 6.07 Å². The van der Waals surface area contributed by atoms with Gasteiger partial charge >= 0.3 is 0 Å². The molecule has 4 heteroatoms. The van der Waals surface area contributed by atoms with E-state index in [9.17, 15) is 4.39 Å². The van der Waals surface area contributed by atoms with Crippen molar-refractivity contribution in [2.75, 3.05) is 7.11 Å². The standard InChI is InChI=1S/C7H5Cl2FO/c1-11-6-3-4(8)2-5(9)7(6)10/h2-3H,1H3. The van der Waals surface area contributed by atoms with Crippen molar-refractivity contribution in [1.82, 2.24) is 0 Å². The molecule has 0 bridgehead atoms. The van der Waals surface area contributed by atoms with Gasteiger partial charge in [0.25, 0.3) is 0 Å². The molecule has 0 aliphatic rings. The molecule has 0 amide bonds. The van der Waals surface area contributed by atoms with Crippen molar-refractivity contribution in [3.05, 3.63) is 28.0 Å². The summed E-state index contributed by atoms with van der Waals surface area (Å²) in [6.45, 7) is 0. The number of halogens is 3. The minimum Gasteiger partial charge on any atom is -0.494 e. The van der Waals surface area contributed by atoms with Crippen LogP contribution in [0.4, 0.5) is 4.39 Å². The fourth-order valence-corrected chi connectivity index (χ4v) is 1.16. The largest absolute Gasteiger partial charge is 0.494 e. The van der Waals surface area contributed by atoms with Gasteiger partial charge in [-0.3, -0.25) is 0 Å². The predicted molar refractivity (Wildman–Crippen MR) is 43.0 cm³/mol. The normalized spacial score (nSPS) is 9.82. The van der Waals surface area contributed by atoms with Crippen molar-refractivity contribution in [3.8, 4) is 5.75 Å². The molecule has 0 radical (unpaired) electrons. The number of methoxy groups -OCH3 is 1. The number of hydrogen-bond acceptors (Lipinski definition) is 1. The van der Waals surface area contributed by atoms with E-state index in [0.29, 0.717) is 5.02 Å². The monoisotopic (exact) mass is 194 g/mol. The van der Waals surface area contributed by atoms with Crippen LogP contribution in [0.1, 0.15) is 0 Å². The van der Waals surface area contributed by atoms with E-state index in [1.807, 2.05) is 0 Å². The van der Waals surface area contributed by atoms with E-state index in [4.69, 9.17) is 23.2 Å². The Hall–Kier alpha value is -0.470. The summed E-state index contributed by atoms with van der Waals surface area (Å²) in [6, 6.07) is 2.68. The van der Waals surface area contributed by atoms with Gasteiger partial charge in [0.15, 0.2) is 11.6 Å². The third-order valence-corrected chi connectivity index (χ3v) is 1.67. The van der Waals surface area contributed by atoms with E-state index in [0.717, 1.165) is 0 Å². The maximum Gasteiger partial charge on any atom is 0.183 e. The fourth-order valence-electron chi connectivity index (χ4n) is 0.681. The molecule has 1 aromatic carbocycles. The SMILES string of the molecule is COc1cc(Cl)cc(Cl)c1F. The fraction of sp³-hybridized carbons (Fsp3) is 0.143. The highest BCUT2D eigenvalue weighted by Crippen LogP contribution is 2.28. The van der Waals surface area contributed by atoms with Crippen molar-refractivity contribution >= 4 is 23.2 Å². The van der Waals surface area contributed by atoms with Gasteiger partial charge in [0, 0.05) is 11.1 Å².